The number of benzene rings is 17. The second-order valence-electron chi connectivity index (χ2n) is 29.9. The van der Waals surface area contributed by atoms with Gasteiger partial charge in [0.25, 0.3) is 0 Å². The summed E-state index contributed by atoms with van der Waals surface area (Å²) in [4.78, 5) is 16.3. The van der Waals surface area contributed by atoms with E-state index in [-0.39, 0.29) is 0 Å². The van der Waals surface area contributed by atoms with Gasteiger partial charge in [0.1, 0.15) is 34.2 Å². The molecular formula is C103H59N5O3. The van der Waals surface area contributed by atoms with Gasteiger partial charge in [-0.05, 0) is 167 Å². The fourth-order valence-electron chi connectivity index (χ4n) is 19.9. The highest BCUT2D eigenvalue weighted by molar-refractivity contribution is 6.24. The Balaban J connectivity index is 0.692. The van der Waals surface area contributed by atoms with Crippen LogP contribution in [0.25, 0.3) is 166 Å². The number of furan rings is 1. The Hall–Kier alpha value is -14.7. The Morgan fingerprint density at radius 1 is 0.234 bits per heavy atom. The lowest BCUT2D eigenvalue weighted by atomic mass is 9.66. The third-order valence-electron chi connectivity index (χ3n) is 24.5. The maximum atomic E-state index is 7.37. The topological polar surface area (TPSA) is 80.1 Å². The highest BCUT2D eigenvalue weighted by Crippen LogP contribution is 2.66. The molecule has 2 aliphatic heterocycles. The van der Waals surface area contributed by atoms with Crippen molar-refractivity contribution in [1.82, 2.24) is 24.1 Å². The van der Waals surface area contributed by atoms with Gasteiger partial charge in [-0.2, -0.15) is 9.97 Å². The van der Waals surface area contributed by atoms with Gasteiger partial charge in [-0.15, -0.1) is 0 Å². The zero-order valence-corrected chi connectivity index (χ0v) is 59.5. The van der Waals surface area contributed by atoms with Gasteiger partial charge >= 0.3 is 0 Å². The molecule has 6 heterocycles. The summed E-state index contributed by atoms with van der Waals surface area (Å²) in [7, 11) is 0. The summed E-state index contributed by atoms with van der Waals surface area (Å²) in [6, 6.07) is 130. The zero-order chi connectivity index (χ0) is 72.4. The molecule has 0 fully saturated rings. The highest BCUT2D eigenvalue weighted by atomic mass is 16.5. The molecule has 0 bridgehead atoms. The molecule has 111 heavy (non-hydrogen) atoms. The van der Waals surface area contributed by atoms with Crippen LogP contribution in [-0.2, 0) is 10.8 Å². The van der Waals surface area contributed by atoms with Crippen LogP contribution < -0.4 is 9.47 Å². The molecule has 0 radical (unpaired) electrons. The van der Waals surface area contributed by atoms with Crippen LogP contribution in [0.15, 0.2) is 362 Å². The molecule has 2 spiro atoms. The van der Waals surface area contributed by atoms with Crippen LogP contribution in [0.4, 0.5) is 0 Å². The molecule has 1 unspecified atom stereocenters. The van der Waals surface area contributed by atoms with Crippen molar-refractivity contribution in [3.8, 4) is 102 Å². The molecule has 2 aliphatic carbocycles. The summed E-state index contributed by atoms with van der Waals surface area (Å²) in [6.07, 6.45) is 0. The van der Waals surface area contributed by atoms with Crippen molar-refractivity contribution >= 4 is 87.1 Å². The van der Waals surface area contributed by atoms with Crippen molar-refractivity contribution in [3.63, 3.8) is 0 Å². The Morgan fingerprint density at radius 2 is 0.694 bits per heavy atom. The SMILES string of the molecule is c1ccc(-c2ccc(-c3nc(-c4ccccc4)nc(-n4c5cc6c(cc5c5c7ccccc7ccc54)Oc4ccccc4C64c5ccccc5-c5cc(-c6cccc7oc8ccc(-n9c%10cc%11c(cc%10c%10c%12ccccc%12ccc%109)Oc9ccccc9C%119c%10ccccc%10-c%10ccccc%109)cc8c67)ccc54)n3)cc2)cc1. The van der Waals surface area contributed by atoms with Gasteiger partial charge in [0.2, 0.25) is 5.95 Å². The van der Waals surface area contributed by atoms with Crippen LogP contribution in [-0.4, -0.2) is 24.1 Å². The molecule has 8 heteroatoms. The molecule has 25 rings (SSSR count). The first kappa shape index (κ1) is 60.4. The molecule has 8 nitrogen and oxygen atoms in total. The van der Waals surface area contributed by atoms with Gasteiger partial charge in [-0.25, -0.2) is 4.98 Å². The van der Waals surface area contributed by atoms with Gasteiger partial charge in [-0.3, -0.25) is 4.57 Å². The van der Waals surface area contributed by atoms with Crippen molar-refractivity contribution in [2.75, 3.05) is 0 Å². The second-order valence-corrected chi connectivity index (χ2v) is 29.9. The molecule has 0 amide bonds. The first-order valence-electron chi connectivity index (χ1n) is 37.9. The van der Waals surface area contributed by atoms with Crippen LogP contribution in [0, 0.1) is 0 Å². The molecular weight excluding hydrogens is 1360 g/mol. The Bertz CT molecular complexity index is 7610. The predicted octanol–water partition coefficient (Wildman–Crippen LogP) is 25.9. The Labute approximate surface area is 636 Å². The molecule has 4 aliphatic rings. The molecule has 0 saturated carbocycles. The monoisotopic (exact) mass is 1410 g/mol. The van der Waals surface area contributed by atoms with Gasteiger partial charge < -0.3 is 18.5 Å². The lowest BCUT2D eigenvalue weighted by molar-refractivity contribution is 0.437. The van der Waals surface area contributed by atoms with Gasteiger partial charge in [-0.1, -0.05) is 279 Å². The lowest BCUT2D eigenvalue weighted by Gasteiger charge is -2.39. The van der Waals surface area contributed by atoms with Crippen molar-refractivity contribution in [1.29, 1.82) is 0 Å². The number of para-hydroxylation sites is 2. The van der Waals surface area contributed by atoms with Crippen molar-refractivity contribution < 1.29 is 13.9 Å². The van der Waals surface area contributed by atoms with Crippen LogP contribution in [0.5, 0.6) is 23.0 Å². The van der Waals surface area contributed by atoms with E-state index in [1.54, 1.807) is 0 Å². The van der Waals surface area contributed by atoms with Crippen molar-refractivity contribution in [3.05, 3.63) is 402 Å². The minimum atomic E-state index is -0.845. The second kappa shape index (κ2) is 22.4. The summed E-state index contributed by atoms with van der Waals surface area (Å²) >= 11 is 0. The summed E-state index contributed by atoms with van der Waals surface area (Å²) in [5, 5.41) is 11.1. The van der Waals surface area contributed by atoms with E-state index in [0.29, 0.717) is 17.6 Å². The van der Waals surface area contributed by atoms with Gasteiger partial charge in [0, 0.05) is 71.4 Å². The van der Waals surface area contributed by atoms with Crippen molar-refractivity contribution in [2.24, 2.45) is 0 Å². The van der Waals surface area contributed by atoms with Crippen molar-refractivity contribution in [2.45, 2.75) is 10.8 Å². The number of rotatable bonds is 6. The van der Waals surface area contributed by atoms with Gasteiger partial charge in [0.05, 0.1) is 32.9 Å². The van der Waals surface area contributed by atoms with Gasteiger partial charge in [0.15, 0.2) is 11.6 Å². The summed E-state index contributed by atoms with van der Waals surface area (Å²) in [6.45, 7) is 0. The Kier molecular flexibility index (Phi) is 12.2. The van der Waals surface area contributed by atoms with E-state index < -0.39 is 10.8 Å². The quantitative estimate of drug-likeness (QED) is 0.165. The zero-order valence-electron chi connectivity index (χ0n) is 59.5. The number of nitrogens with zero attached hydrogens (tertiary/aromatic N) is 5. The van der Waals surface area contributed by atoms with Crippen LogP contribution in [0.1, 0.15) is 44.5 Å². The third-order valence-corrected chi connectivity index (χ3v) is 24.5. The predicted molar refractivity (Wildman–Crippen MR) is 447 cm³/mol. The third kappa shape index (κ3) is 8.18. The van der Waals surface area contributed by atoms with E-state index in [1.165, 1.54) is 44.0 Å². The molecule has 0 N–H and O–H groups in total. The summed E-state index contributed by atoms with van der Waals surface area (Å²) in [5.74, 6) is 4.98. The number of ether oxygens (including phenoxy) is 2. The smallest absolute Gasteiger partial charge is 0.238 e. The summed E-state index contributed by atoms with van der Waals surface area (Å²) in [5.41, 5.74) is 25.4. The number of hydrogen-bond acceptors (Lipinski definition) is 6. The van der Waals surface area contributed by atoms with E-state index >= 15 is 0 Å². The average Bonchev–Trinajstić information content (AvgIpc) is 1.54. The van der Waals surface area contributed by atoms with E-state index in [9.17, 15) is 0 Å². The maximum Gasteiger partial charge on any atom is 0.238 e. The first-order chi connectivity index (χ1) is 55.0. The molecule has 4 aromatic heterocycles. The normalized spacial score (nSPS) is 14.6. The van der Waals surface area contributed by atoms with E-state index in [1.807, 2.05) is 24.3 Å². The standard InChI is InChI=1S/C103H59N5O3/c1-3-22-60(23-4-1)61-42-44-65(45-43-61)100-104-99(64-26-5-2-6-27-64)105-101(106-100)108-87-52-48-63-25-8-10-29-69(63)97(87)76-57-95-85(59-89(76)108)103(83-38-18-20-40-92(83)111-95)80-36-16-13-32-73(80)74-54-66(46-50-81(74)103)70-33-21-41-93-98(70)77-55-67(49-53-90(77)109-93)107-86-51-47-62-24-7-9-28-68(62)96(86)75-56-94-84(58-88(75)107)102(82-37-17-19-39-91(82)110-94)78-34-14-11-30-71(78)72-31-12-15-35-79(72)102/h1-59H. The summed E-state index contributed by atoms with van der Waals surface area (Å²) < 4.78 is 26.3. The fraction of sp³-hybridized carbons (Fsp3) is 0.0194. The lowest BCUT2D eigenvalue weighted by Crippen LogP contribution is -2.32. The van der Waals surface area contributed by atoms with Crippen LogP contribution in [0.2, 0.25) is 0 Å². The van der Waals surface area contributed by atoms with Crippen LogP contribution >= 0.6 is 0 Å². The molecule has 0 saturated heterocycles. The minimum Gasteiger partial charge on any atom is -0.457 e. The molecule has 514 valence electrons. The fourth-order valence-corrected chi connectivity index (χ4v) is 19.9. The number of fused-ring (bicyclic) bond motifs is 31. The first-order valence-corrected chi connectivity index (χ1v) is 37.9. The van der Waals surface area contributed by atoms with E-state index in [4.69, 9.17) is 28.8 Å². The molecule has 17 aromatic carbocycles. The van der Waals surface area contributed by atoms with Crippen LogP contribution in [0.3, 0.4) is 0 Å². The van der Waals surface area contributed by atoms with E-state index in [0.717, 1.165) is 172 Å². The number of hydrogen-bond donors (Lipinski definition) is 0. The average molecular weight is 1410 g/mol. The Morgan fingerprint density at radius 3 is 1.30 bits per heavy atom. The molecule has 21 aromatic rings. The van der Waals surface area contributed by atoms with E-state index in [2.05, 4.69) is 343 Å². The molecule has 1 atom stereocenters. The maximum absolute atomic E-state index is 7.37. The minimum absolute atomic E-state index is 0.511. The highest BCUT2D eigenvalue weighted by Gasteiger charge is 2.53. The number of aromatic nitrogens is 5. The largest absolute Gasteiger partial charge is 0.457 e.